The van der Waals surface area contributed by atoms with Gasteiger partial charge in [-0.05, 0) is 54.6 Å². The number of ether oxygens (including phenoxy) is 1. The number of amides is 1. The fraction of sp³-hybridized carbons (Fsp3) is 0.105. The van der Waals surface area contributed by atoms with Crippen LogP contribution in [0, 0.1) is 0 Å². The summed E-state index contributed by atoms with van der Waals surface area (Å²) in [5.41, 5.74) is 0.259. The summed E-state index contributed by atoms with van der Waals surface area (Å²) in [6.45, 7) is 0. The maximum Gasteiger partial charge on any atom is 0.416 e. The second-order valence-corrected chi connectivity index (χ2v) is 5.65. The van der Waals surface area contributed by atoms with Crippen LogP contribution in [0.25, 0.3) is 0 Å². The average Bonchev–Trinajstić information content (AvgIpc) is 2.68. The number of nitrogens with zero attached hydrogens (tertiary/aromatic N) is 2. The van der Waals surface area contributed by atoms with Gasteiger partial charge in [-0.2, -0.15) is 13.2 Å². The van der Waals surface area contributed by atoms with Crippen molar-refractivity contribution in [1.82, 2.24) is 9.97 Å². The molecule has 0 atom stereocenters. The molecule has 144 valence electrons. The van der Waals surface area contributed by atoms with E-state index in [2.05, 4.69) is 20.6 Å². The van der Waals surface area contributed by atoms with Crippen LogP contribution in [-0.4, -0.2) is 23.0 Å². The lowest BCUT2D eigenvalue weighted by Crippen LogP contribution is -2.14. The highest BCUT2D eigenvalue weighted by Crippen LogP contribution is 2.30. The Kier molecular flexibility index (Phi) is 5.44. The normalized spacial score (nSPS) is 11.0. The topological polar surface area (TPSA) is 76.1 Å². The van der Waals surface area contributed by atoms with E-state index in [0.29, 0.717) is 17.1 Å². The molecule has 0 aliphatic carbocycles. The van der Waals surface area contributed by atoms with Gasteiger partial charge in [-0.3, -0.25) is 4.79 Å². The summed E-state index contributed by atoms with van der Waals surface area (Å²) in [5, 5.41) is 5.46. The molecule has 0 radical (unpaired) electrons. The number of alkyl halides is 3. The van der Waals surface area contributed by atoms with Crippen LogP contribution < -0.4 is 15.4 Å². The minimum atomic E-state index is -4.41. The molecule has 2 aromatic carbocycles. The van der Waals surface area contributed by atoms with Crippen molar-refractivity contribution in [1.29, 1.82) is 0 Å². The molecule has 1 aromatic heterocycles. The summed E-state index contributed by atoms with van der Waals surface area (Å²) in [4.78, 5) is 20.4. The van der Waals surface area contributed by atoms with E-state index in [9.17, 15) is 18.0 Å². The van der Waals surface area contributed by atoms with Crippen LogP contribution in [0.5, 0.6) is 5.75 Å². The third-order valence-corrected chi connectivity index (χ3v) is 3.70. The third kappa shape index (κ3) is 4.76. The zero-order valence-corrected chi connectivity index (χ0v) is 14.6. The minimum absolute atomic E-state index is 0.0853. The van der Waals surface area contributed by atoms with E-state index in [-0.39, 0.29) is 11.6 Å². The molecule has 1 amide bonds. The standard InChI is InChI=1S/C19H15F3N4O2/c1-28-15-8-6-13(7-9-15)24-17(27)16-10-11-23-18(26-16)25-14-4-2-12(3-5-14)19(20,21)22/h2-11H,1H3,(H,24,27)(H,23,25,26). The van der Waals surface area contributed by atoms with Crippen molar-refractivity contribution in [2.24, 2.45) is 0 Å². The maximum atomic E-state index is 12.6. The zero-order valence-electron chi connectivity index (χ0n) is 14.6. The molecule has 3 aromatic rings. The van der Waals surface area contributed by atoms with Crippen LogP contribution >= 0.6 is 0 Å². The lowest BCUT2D eigenvalue weighted by molar-refractivity contribution is -0.137. The number of nitrogens with one attached hydrogen (secondary N) is 2. The van der Waals surface area contributed by atoms with Gasteiger partial charge in [0, 0.05) is 17.6 Å². The Hall–Kier alpha value is -3.62. The molecule has 0 aliphatic rings. The number of methoxy groups -OCH3 is 1. The van der Waals surface area contributed by atoms with Crippen molar-refractivity contribution in [3.8, 4) is 5.75 Å². The molecule has 0 aliphatic heterocycles. The molecule has 0 bridgehead atoms. The molecule has 2 N–H and O–H groups in total. The predicted molar refractivity (Wildman–Crippen MR) is 97.7 cm³/mol. The highest BCUT2D eigenvalue weighted by atomic mass is 19.4. The van der Waals surface area contributed by atoms with Gasteiger partial charge >= 0.3 is 6.18 Å². The van der Waals surface area contributed by atoms with Gasteiger partial charge < -0.3 is 15.4 Å². The number of aromatic nitrogens is 2. The van der Waals surface area contributed by atoms with E-state index in [1.165, 1.54) is 24.4 Å². The molecule has 0 spiro atoms. The molecule has 0 unspecified atom stereocenters. The molecule has 9 heteroatoms. The van der Waals surface area contributed by atoms with Gasteiger partial charge in [-0.25, -0.2) is 9.97 Å². The van der Waals surface area contributed by atoms with Crippen LogP contribution in [0.3, 0.4) is 0 Å². The maximum absolute atomic E-state index is 12.6. The van der Waals surface area contributed by atoms with E-state index in [1.807, 2.05) is 0 Å². The van der Waals surface area contributed by atoms with Gasteiger partial charge in [-0.15, -0.1) is 0 Å². The van der Waals surface area contributed by atoms with E-state index < -0.39 is 17.6 Å². The molecule has 0 fully saturated rings. The van der Waals surface area contributed by atoms with Crippen LogP contribution in [0.1, 0.15) is 16.1 Å². The second kappa shape index (κ2) is 7.95. The van der Waals surface area contributed by atoms with Crippen molar-refractivity contribution in [2.45, 2.75) is 6.18 Å². The largest absolute Gasteiger partial charge is 0.497 e. The quantitative estimate of drug-likeness (QED) is 0.673. The number of carbonyl (C=O) groups excluding carboxylic acids is 1. The van der Waals surface area contributed by atoms with Gasteiger partial charge in [-0.1, -0.05) is 0 Å². The van der Waals surface area contributed by atoms with E-state index in [1.54, 1.807) is 31.4 Å². The summed E-state index contributed by atoms with van der Waals surface area (Å²) >= 11 is 0. The Morgan fingerprint density at radius 2 is 1.61 bits per heavy atom. The SMILES string of the molecule is COc1ccc(NC(=O)c2ccnc(Nc3ccc(C(F)(F)F)cc3)n2)cc1. The highest BCUT2D eigenvalue weighted by molar-refractivity contribution is 6.03. The van der Waals surface area contributed by atoms with Crippen molar-refractivity contribution in [3.63, 3.8) is 0 Å². The Morgan fingerprint density at radius 1 is 0.964 bits per heavy atom. The Labute approximate surface area is 158 Å². The first kappa shape index (κ1) is 19.2. The van der Waals surface area contributed by atoms with Gasteiger partial charge in [0.05, 0.1) is 12.7 Å². The van der Waals surface area contributed by atoms with Crippen LogP contribution in [0.4, 0.5) is 30.5 Å². The number of benzene rings is 2. The number of carbonyl (C=O) groups is 1. The lowest BCUT2D eigenvalue weighted by Gasteiger charge is -2.09. The predicted octanol–water partition coefficient (Wildman–Crippen LogP) is 4.50. The van der Waals surface area contributed by atoms with Crippen LogP contribution in [0.15, 0.2) is 60.8 Å². The average molecular weight is 388 g/mol. The molecule has 6 nitrogen and oxygen atoms in total. The third-order valence-electron chi connectivity index (χ3n) is 3.70. The molecular weight excluding hydrogens is 373 g/mol. The Morgan fingerprint density at radius 3 is 2.21 bits per heavy atom. The smallest absolute Gasteiger partial charge is 0.416 e. The second-order valence-electron chi connectivity index (χ2n) is 5.65. The fourth-order valence-corrected chi connectivity index (χ4v) is 2.29. The number of anilines is 3. The highest BCUT2D eigenvalue weighted by Gasteiger charge is 2.29. The molecule has 0 saturated heterocycles. The number of hydrogen-bond donors (Lipinski definition) is 2. The lowest BCUT2D eigenvalue weighted by atomic mass is 10.2. The van der Waals surface area contributed by atoms with Crippen molar-refractivity contribution < 1.29 is 22.7 Å². The van der Waals surface area contributed by atoms with Gasteiger partial charge in [0.15, 0.2) is 0 Å². The Bertz CT molecular complexity index is 958. The van der Waals surface area contributed by atoms with Gasteiger partial charge in [0.1, 0.15) is 11.4 Å². The first-order valence-corrected chi connectivity index (χ1v) is 8.08. The number of rotatable bonds is 5. The summed E-state index contributed by atoms with van der Waals surface area (Å²) in [7, 11) is 1.54. The van der Waals surface area contributed by atoms with Crippen molar-refractivity contribution >= 4 is 23.2 Å². The first-order valence-electron chi connectivity index (χ1n) is 8.08. The molecule has 3 rings (SSSR count). The van der Waals surface area contributed by atoms with E-state index in [4.69, 9.17) is 4.74 Å². The van der Waals surface area contributed by atoms with Crippen molar-refractivity contribution in [2.75, 3.05) is 17.7 Å². The molecule has 0 saturated carbocycles. The summed E-state index contributed by atoms with van der Waals surface area (Å²) in [6, 6.07) is 12.6. The van der Waals surface area contributed by atoms with E-state index in [0.717, 1.165) is 12.1 Å². The number of halogens is 3. The summed E-state index contributed by atoms with van der Waals surface area (Å²) in [6.07, 6.45) is -3.03. The van der Waals surface area contributed by atoms with Crippen molar-refractivity contribution in [3.05, 3.63) is 72.1 Å². The molecule has 28 heavy (non-hydrogen) atoms. The van der Waals surface area contributed by atoms with Crippen LogP contribution in [0.2, 0.25) is 0 Å². The minimum Gasteiger partial charge on any atom is -0.497 e. The first-order chi connectivity index (χ1) is 13.3. The molecular formula is C19H15F3N4O2. The van der Waals surface area contributed by atoms with Crippen LogP contribution in [-0.2, 0) is 6.18 Å². The fourth-order valence-electron chi connectivity index (χ4n) is 2.29. The van der Waals surface area contributed by atoms with Gasteiger partial charge in [0.25, 0.3) is 5.91 Å². The zero-order chi connectivity index (χ0) is 20.1. The van der Waals surface area contributed by atoms with E-state index >= 15 is 0 Å². The number of hydrogen-bond acceptors (Lipinski definition) is 5. The summed E-state index contributed by atoms with van der Waals surface area (Å²) < 4.78 is 42.9. The van der Waals surface area contributed by atoms with Gasteiger partial charge in [0.2, 0.25) is 5.95 Å². The Balaban J connectivity index is 1.70. The molecule has 1 heterocycles. The summed E-state index contributed by atoms with van der Waals surface area (Å²) in [5.74, 6) is 0.285. The monoisotopic (exact) mass is 388 g/mol.